The normalized spacial score (nSPS) is 12.8. The maximum Gasteiger partial charge on any atom is 0.345 e. The van der Waals surface area contributed by atoms with Crippen molar-refractivity contribution in [2.75, 3.05) is 6.61 Å². The largest absolute Gasteiger partial charge is 0.462 e. The molecule has 90 valence electrons. The summed E-state index contributed by atoms with van der Waals surface area (Å²) in [5, 5.41) is 10.8. The van der Waals surface area contributed by atoms with Gasteiger partial charge in [0.2, 0.25) is 0 Å². The molecule has 7 heteroatoms. The van der Waals surface area contributed by atoms with Crippen molar-refractivity contribution < 1.29 is 24.2 Å². The fraction of sp³-hybridized carbons (Fsp3) is 0.300. The summed E-state index contributed by atoms with van der Waals surface area (Å²) in [6, 6.07) is 2.52. The summed E-state index contributed by atoms with van der Waals surface area (Å²) in [5.41, 5.74) is 0.135. The molecule has 0 unspecified atom stereocenters. The average Bonchev–Trinajstić information content (AvgIpc) is 2.74. The molecule has 1 aromatic rings. The number of ether oxygens (including phenoxy) is 1. The number of nitro benzene ring substituents is 1. The van der Waals surface area contributed by atoms with Crippen molar-refractivity contribution in [2.24, 2.45) is 0 Å². The second-order valence-electron chi connectivity index (χ2n) is 3.30. The lowest BCUT2D eigenvalue weighted by molar-refractivity contribution is -0.385. The summed E-state index contributed by atoms with van der Waals surface area (Å²) < 4.78 is 4.75. The first kappa shape index (κ1) is 11.3. The summed E-state index contributed by atoms with van der Waals surface area (Å²) in [7, 11) is 0. The van der Waals surface area contributed by atoms with Crippen LogP contribution in [0.1, 0.15) is 22.8 Å². The number of rotatable bonds is 3. The molecule has 0 fully saturated rings. The Kier molecular flexibility index (Phi) is 2.92. The molecule has 0 spiro atoms. The number of carbonyl (C=O) groups excluding carboxylic acids is 1. The van der Waals surface area contributed by atoms with Crippen LogP contribution in [0.15, 0.2) is 12.1 Å². The molecule has 0 amide bonds. The topological polar surface area (TPSA) is 87.9 Å². The molecule has 17 heavy (non-hydrogen) atoms. The van der Waals surface area contributed by atoms with Crippen LogP contribution in [-0.2, 0) is 16.2 Å². The molecule has 1 aliphatic heterocycles. The number of carbonyl (C=O) groups is 1. The molecule has 0 radical (unpaired) electrons. The third-order valence-electron chi connectivity index (χ3n) is 2.23. The van der Waals surface area contributed by atoms with E-state index < -0.39 is 10.9 Å². The van der Waals surface area contributed by atoms with Crippen molar-refractivity contribution in [2.45, 2.75) is 13.5 Å². The first-order valence-corrected chi connectivity index (χ1v) is 4.91. The van der Waals surface area contributed by atoms with Crippen LogP contribution >= 0.6 is 0 Å². The van der Waals surface area contributed by atoms with Crippen molar-refractivity contribution in [3.63, 3.8) is 0 Å². The van der Waals surface area contributed by atoms with Gasteiger partial charge in [0.1, 0.15) is 12.2 Å². The Morgan fingerprint density at radius 3 is 3.00 bits per heavy atom. The Morgan fingerprint density at radius 1 is 1.59 bits per heavy atom. The third-order valence-corrected chi connectivity index (χ3v) is 2.23. The van der Waals surface area contributed by atoms with Gasteiger partial charge in [0.25, 0.3) is 5.69 Å². The van der Waals surface area contributed by atoms with Crippen LogP contribution in [0.2, 0.25) is 0 Å². The van der Waals surface area contributed by atoms with E-state index in [0.29, 0.717) is 5.56 Å². The zero-order valence-electron chi connectivity index (χ0n) is 8.97. The van der Waals surface area contributed by atoms with Crippen LogP contribution in [-0.4, -0.2) is 17.5 Å². The van der Waals surface area contributed by atoms with Crippen molar-refractivity contribution in [3.8, 4) is 5.75 Å². The molecule has 0 saturated carbocycles. The molecule has 0 aliphatic carbocycles. The molecule has 0 aromatic heterocycles. The highest BCUT2D eigenvalue weighted by molar-refractivity contribution is 5.94. The van der Waals surface area contributed by atoms with Gasteiger partial charge in [-0.3, -0.25) is 10.1 Å². The Hall–Kier alpha value is -2.15. The maximum absolute atomic E-state index is 11.6. The highest BCUT2D eigenvalue weighted by Gasteiger charge is 2.27. The second kappa shape index (κ2) is 4.38. The minimum absolute atomic E-state index is 0.0929. The van der Waals surface area contributed by atoms with Gasteiger partial charge in [-0.1, -0.05) is 0 Å². The first-order chi connectivity index (χ1) is 8.13. The first-order valence-electron chi connectivity index (χ1n) is 4.91. The number of hydrogen-bond acceptors (Lipinski definition) is 6. The fourth-order valence-corrected chi connectivity index (χ4v) is 1.48. The molecule has 0 atom stereocenters. The zero-order valence-corrected chi connectivity index (χ0v) is 8.97. The zero-order chi connectivity index (χ0) is 12.4. The monoisotopic (exact) mass is 239 g/mol. The van der Waals surface area contributed by atoms with E-state index in [1.54, 1.807) is 6.92 Å². The quantitative estimate of drug-likeness (QED) is 0.344. The number of esters is 1. The summed E-state index contributed by atoms with van der Waals surface area (Å²) in [4.78, 5) is 31.1. The van der Waals surface area contributed by atoms with Gasteiger partial charge < -0.3 is 9.62 Å². The van der Waals surface area contributed by atoms with Gasteiger partial charge in [0, 0.05) is 5.56 Å². The van der Waals surface area contributed by atoms with E-state index in [2.05, 4.69) is 4.89 Å². The van der Waals surface area contributed by atoms with E-state index in [0.717, 1.165) is 6.07 Å². The Morgan fingerprint density at radius 2 is 2.35 bits per heavy atom. The van der Waals surface area contributed by atoms with Gasteiger partial charge in [-0.2, -0.15) is 4.89 Å². The van der Waals surface area contributed by atoms with E-state index in [-0.39, 0.29) is 30.2 Å². The summed E-state index contributed by atoms with van der Waals surface area (Å²) in [6.07, 6.45) is 0. The molecule has 0 bridgehead atoms. The molecule has 0 N–H and O–H groups in total. The second-order valence-corrected chi connectivity index (χ2v) is 3.30. The van der Waals surface area contributed by atoms with Crippen LogP contribution in [0.4, 0.5) is 5.69 Å². The Bertz CT molecular complexity index is 484. The fourth-order valence-electron chi connectivity index (χ4n) is 1.48. The maximum atomic E-state index is 11.6. The SMILES string of the molecule is CCOC(=O)c1cc2c(cc1[N+](=O)[O-])OOC2. The minimum Gasteiger partial charge on any atom is -0.462 e. The lowest BCUT2D eigenvalue weighted by Gasteiger charge is -2.04. The van der Waals surface area contributed by atoms with Crippen LogP contribution in [0.3, 0.4) is 0 Å². The Balaban J connectivity index is 2.48. The molecular weight excluding hydrogens is 230 g/mol. The van der Waals surface area contributed by atoms with E-state index in [1.165, 1.54) is 6.07 Å². The van der Waals surface area contributed by atoms with E-state index in [4.69, 9.17) is 9.62 Å². The highest BCUT2D eigenvalue weighted by Crippen LogP contribution is 2.33. The van der Waals surface area contributed by atoms with Gasteiger partial charge in [-0.25, -0.2) is 4.79 Å². The number of nitrogens with zero attached hydrogens (tertiary/aromatic N) is 1. The van der Waals surface area contributed by atoms with E-state index in [1.807, 2.05) is 0 Å². The minimum atomic E-state index is -0.728. The number of hydrogen-bond donors (Lipinski definition) is 0. The Labute approximate surface area is 96.0 Å². The van der Waals surface area contributed by atoms with E-state index in [9.17, 15) is 14.9 Å². The molecule has 7 nitrogen and oxygen atoms in total. The number of nitro groups is 1. The average molecular weight is 239 g/mol. The van der Waals surface area contributed by atoms with Gasteiger partial charge in [0.05, 0.1) is 17.6 Å². The molecule has 1 aromatic carbocycles. The van der Waals surface area contributed by atoms with Crippen LogP contribution in [0, 0.1) is 10.1 Å². The lowest BCUT2D eigenvalue weighted by Crippen LogP contribution is -2.08. The standard InChI is InChI=1S/C10H9NO6/c1-2-15-10(12)7-3-6-5-16-17-9(6)4-8(7)11(13)14/h3-4H,2,5H2,1H3. The molecule has 1 aliphatic rings. The lowest BCUT2D eigenvalue weighted by atomic mass is 10.1. The number of fused-ring (bicyclic) bond motifs is 1. The van der Waals surface area contributed by atoms with Gasteiger partial charge in [0.15, 0.2) is 5.75 Å². The molecule has 0 saturated heterocycles. The van der Waals surface area contributed by atoms with Crippen LogP contribution < -0.4 is 4.89 Å². The predicted molar refractivity (Wildman–Crippen MR) is 54.5 cm³/mol. The number of benzene rings is 1. The van der Waals surface area contributed by atoms with Gasteiger partial charge in [-0.05, 0) is 13.0 Å². The molecule has 2 rings (SSSR count). The summed E-state index contributed by atoms with van der Waals surface area (Å²) >= 11 is 0. The smallest absolute Gasteiger partial charge is 0.345 e. The van der Waals surface area contributed by atoms with Gasteiger partial charge in [-0.15, -0.1) is 0 Å². The van der Waals surface area contributed by atoms with Crippen LogP contribution in [0.25, 0.3) is 0 Å². The van der Waals surface area contributed by atoms with Crippen LogP contribution in [0.5, 0.6) is 5.75 Å². The highest BCUT2D eigenvalue weighted by atomic mass is 17.2. The van der Waals surface area contributed by atoms with Gasteiger partial charge >= 0.3 is 5.97 Å². The predicted octanol–water partition coefficient (Wildman–Crippen LogP) is 1.60. The summed E-state index contributed by atoms with van der Waals surface area (Å²) in [6.45, 7) is 1.93. The third kappa shape index (κ3) is 2.04. The van der Waals surface area contributed by atoms with Crippen molar-refractivity contribution in [3.05, 3.63) is 33.4 Å². The molecular formula is C10H9NO6. The molecule has 1 heterocycles. The van der Waals surface area contributed by atoms with E-state index >= 15 is 0 Å². The summed E-state index contributed by atoms with van der Waals surface area (Å²) in [5.74, 6) is -0.473. The van der Waals surface area contributed by atoms with Crippen molar-refractivity contribution in [1.82, 2.24) is 0 Å². The van der Waals surface area contributed by atoms with Crippen molar-refractivity contribution >= 4 is 11.7 Å². The van der Waals surface area contributed by atoms with Crippen molar-refractivity contribution in [1.29, 1.82) is 0 Å².